The molecule has 1 N–H and O–H groups in total. The summed E-state index contributed by atoms with van der Waals surface area (Å²) in [6.07, 6.45) is 5.78. The van der Waals surface area contributed by atoms with E-state index in [1.807, 2.05) is 0 Å². The third-order valence-corrected chi connectivity index (χ3v) is 12.2. The molecule has 0 fully saturated rings. The maximum atomic E-state index is 9.00. The topological polar surface area (TPSA) is 37.3 Å². The van der Waals surface area contributed by atoms with Crippen molar-refractivity contribution in [2.45, 2.75) is 65.2 Å². The molecule has 2 nitrogen and oxygen atoms in total. The van der Waals surface area contributed by atoms with Gasteiger partial charge >= 0.3 is 76.7 Å². The summed E-state index contributed by atoms with van der Waals surface area (Å²) in [7, 11) is 0. The molecule has 0 aromatic rings. The molecule has 0 saturated carbocycles. The molecule has 0 aromatic carbocycles. The van der Waals surface area contributed by atoms with E-state index in [0.29, 0.717) is 0 Å². The Hall–Kier alpha value is 0.269. The van der Waals surface area contributed by atoms with Gasteiger partial charge in [0.1, 0.15) is 0 Å². The van der Waals surface area contributed by atoms with E-state index in [1.165, 1.54) is 25.7 Å². The van der Waals surface area contributed by atoms with E-state index in [4.69, 9.17) is 9.90 Å². The molecule has 0 rings (SSSR count). The molecule has 0 heterocycles. The third-order valence-electron chi connectivity index (χ3n) is 2.41. The van der Waals surface area contributed by atoms with Crippen LogP contribution in [0.15, 0.2) is 0 Å². The van der Waals surface area contributed by atoms with Crippen molar-refractivity contribution in [3.8, 4) is 0 Å². The Morgan fingerprint density at radius 3 is 1.53 bits per heavy atom. The fourth-order valence-corrected chi connectivity index (χ4v) is 9.63. The second kappa shape index (κ2) is 10.8. The second-order valence-electron chi connectivity index (χ2n) is 4.89. The first-order valence-corrected chi connectivity index (χ1v) is 15.8. The summed E-state index contributed by atoms with van der Waals surface area (Å²) in [5.74, 6) is -0.833. The number of carbonyl (C=O) groups is 1. The summed E-state index contributed by atoms with van der Waals surface area (Å²) in [6.45, 7) is 5.70. The van der Waals surface area contributed by atoms with Crippen molar-refractivity contribution in [1.82, 2.24) is 0 Å². The van der Waals surface area contributed by atoms with Gasteiger partial charge in [-0.25, -0.2) is 0 Å². The second-order valence-corrected chi connectivity index (χ2v) is 20.1. The van der Waals surface area contributed by atoms with Crippen molar-refractivity contribution >= 4 is 24.3 Å². The summed E-state index contributed by atoms with van der Waals surface area (Å²) in [5.41, 5.74) is 0. The van der Waals surface area contributed by atoms with Crippen molar-refractivity contribution in [3.63, 3.8) is 0 Å². The van der Waals surface area contributed by atoms with Crippen molar-refractivity contribution in [2.24, 2.45) is 0 Å². The van der Waals surface area contributed by atoms with E-state index in [1.54, 1.807) is 8.87 Å². The van der Waals surface area contributed by atoms with Crippen LogP contribution in [0.25, 0.3) is 0 Å². The van der Waals surface area contributed by atoms with Gasteiger partial charge in [0.2, 0.25) is 0 Å². The summed E-state index contributed by atoms with van der Waals surface area (Å²) < 4.78 is 3.23. The SMILES string of the molecule is CC(=O)O.CCC[CH2][Sn]([CH3])([CH3])[CH2]CCC. The van der Waals surface area contributed by atoms with Crippen molar-refractivity contribution in [1.29, 1.82) is 0 Å². The molecule has 0 aromatic heterocycles. The Morgan fingerprint density at radius 1 is 1.07 bits per heavy atom. The molecule has 0 aliphatic heterocycles. The molecule has 0 unspecified atom stereocenters. The number of hydrogen-bond acceptors (Lipinski definition) is 1. The summed E-state index contributed by atoms with van der Waals surface area (Å²) in [4.78, 5) is 14.2. The zero-order valence-corrected chi connectivity index (χ0v) is 14.0. The van der Waals surface area contributed by atoms with Crippen molar-refractivity contribution in [3.05, 3.63) is 0 Å². The summed E-state index contributed by atoms with van der Waals surface area (Å²) >= 11 is -1.44. The zero-order valence-electron chi connectivity index (χ0n) is 11.1. The van der Waals surface area contributed by atoms with E-state index < -0.39 is 24.3 Å². The quantitative estimate of drug-likeness (QED) is 0.736. The average Bonchev–Trinajstić information content (AvgIpc) is 2.11. The molecule has 0 aliphatic rings. The molecular formula is C12H28O2Sn. The van der Waals surface area contributed by atoms with Gasteiger partial charge in [-0.15, -0.1) is 0 Å². The number of hydrogen-bond donors (Lipinski definition) is 1. The van der Waals surface area contributed by atoms with Crippen LogP contribution in [0.3, 0.4) is 0 Å². The molecule has 0 bridgehead atoms. The fourth-order valence-electron chi connectivity index (χ4n) is 1.44. The van der Waals surface area contributed by atoms with E-state index in [0.717, 1.165) is 6.92 Å². The predicted octanol–water partition coefficient (Wildman–Crippen LogP) is 4.39. The number of aliphatic carboxylic acids is 1. The molecule has 0 radical (unpaired) electrons. The fraction of sp³-hybridized carbons (Fsp3) is 0.917. The van der Waals surface area contributed by atoms with Gasteiger partial charge in [0.15, 0.2) is 0 Å². The Bertz CT molecular complexity index is 142. The van der Waals surface area contributed by atoms with Crippen LogP contribution < -0.4 is 0 Å². The van der Waals surface area contributed by atoms with Gasteiger partial charge in [-0.05, 0) is 0 Å². The van der Waals surface area contributed by atoms with Crippen molar-refractivity contribution in [2.75, 3.05) is 0 Å². The average molecular weight is 323 g/mol. The standard InChI is InChI=1S/2C4H9.C2H4O2.2CH3.Sn/c2*1-3-4-2;1-2(3)4;;;/h2*1,3-4H2,2H3;1H3,(H,3,4);2*1H3;. The van der Waals surface area contributed by atoms with Crippen LogP contribution in [0.1, 0.15) is 46.5 Å². The van der Waals surface area contributed by atoms with Gasteiger partial charge in [0, 0.05) is 6.92 Å². The molecule has 3 heteroatoms. The molecule has 92 valence electrons. The maximum absolute atomic E-state index is 9.00. The van der Waals surface area contributed by atoms with Crippen LogP contribution in [-0.4, -0.2) is 29.5 Å². The first-order valence-electron chi connectivity index (χ1n) is 6.05. The minimum atomic E-state index is -1.44. The van der Waals surface area contributed by atoms with Crippen LogP contribution in [0, 0.1) is 0 Å². The van der Waals surface area contributed by atoms with Gasteiger partial charge in [0.25, 0.3) is 5.97 Å². The molecule has 15 heavy (non-hydrogen) atoms. The molecular weight excluding hydrogens is 295 g/mol. The minimum absolute atomic E-state index is 0.833. The Morgan fingerprint density at radius 2 is 1.33 bits per heavy atom. The number of unbranched alkanes of at least 4 members (excludes halogenated alkanes) is 2. The first kappa shape index (κ1) is 17.7. The summed E-state index contributed by atoms with van der Waals surface area (Å²) in [5, 5.41) is 7.42. The van der Waals surface area contributed by atoms with E-state index in [-0.39, 0.29) is 0 Å². The molecule has 0 amide bonds. The van der Waals surface area contributed by atoms with Gasteiger partial charge in [-0.3, -0.25) is 4.79 Å². The Kier molecular flexibility index (Phi) is 12.7. The van der Waals surface area contributed by atoms with Crippen LogP contribution in [0.5, 0.6) is 0 Å². The molecule has 0 atom stereocenters. The molecule has 0 aliphatic carbocycles. The van der Waals surface area contributed by atoms with E-state index in [9.17, 15) is 0 Å². The van der Waals surface area contributed by atoms with E-state index in [2.05, 4.69) is 23.7 Å². The monoisotopic (exact) mass is 324 g/mol. The Balaban J connectivity index is 0. The van der Waals surface area contributed by atoms with Gasteiger partial charge in [-0.1, -0.05) is 0 Å². The van der Waals surface area contributed by atoms with Crippen LogP contribution in [0.4, 0.5) is 0 Å². The van der Waals surface area contributed by atoms with E-state index >= 15 is 0 Å². The Labute approximate surface area is 99.3 Å². The number of carboxylic acid groups (broad SMARTS) is 1. The normalized spacial score (nSPS) is 10.5. The molecule has 0 spiro atoms. The number of rotatable bonds is 6. The third kappa shape index (κ3) is 20.4. The van der Waals surface area contributed by atoms with Crippen LogP contribution in [-0.2, 0) is 4.79 Å². The summed E-state index contributed by atoms with van der Waals surface area (Å²) in [6, 6.07) is 0. The van der Waals surface area contributed by atoms with Crippen molar-refractivity contribution < 1.29 is 9.90 Å². The van der Waals surface area contributed by atoms with Gasteiger partial charge < -0.3 is 5.11 Å². The first-order chi connectivity index (χ1) is 6.85. The van der Waals surface area contributed by atoms with Crippen LogP contribution in [0.2, 0.25) is 18.8 Å². The van der Waals surface area contributed by atoms with Crippen LogP contribution >= 0.6 is 0 Å². The predicted molar refractivity (Wildman–Crippen MR) is 70.2 cm³/mol. The molecule has 0 saturated heterocycles. The zero-order chi connectivity index (χ0) is 12.3. The van der Waals surface area contributed by atoms with Gasteiger partial charge in [-0.2, -0.15) is 0 Å². The number of carboxylic acids is 1. The van der Waals surface area contributed by atoms with Gasteiger partial charge in [0.05, 0.1) is 0 Å².